The summed E-state index contributed by atoms with van der Waals surface area (Å²) in [6, 6.07) is 0. The van der Waals surface area contributed by atoms with Gasteiger partial charge in [0.2, 0.25) is 0 Å². The van der Waals surface area contributed by atoms with Crippen molar-refractivity contribution < 1.29 is 5.11 Å². The molecule has 0 radical (unpaired) electrons. The summed E-state index contributed by atoms with van der Waals surface area (Å²) in [6.07, 6.45) is 6.20. The van der Waals surface area contributed by atoms with Gasteiger partial charge in [-0.2, -0.15) is 0 Å². The van der Waals surface area contributed by atoms with Gasteiger partial charge in [-0.1, -0.05) is 26.7 Å². The number of imidazole rings is 1. The number of nitrogens with zero attached hydrogens (tertiary/aromatic N) is 2. The van der Waals surface area contributed by atoms with Crippen molar-refractivity contribution in [2.45, 2.75) is 39.2 Å². The molecule has 0 bridgehead atoms. The average molecular weight is 196 g/mol. The maximum Gasteiger partial charge on any atom is 0.0958 e. The third-order valence-corrected chi connectivity index (χ3v) is 2.91. The Morgan fingerprint density at radius 2 is 2.07 bits per heavy atom. The molecule has 0 aliphatic rings. The normalized spacial score (nSPS) is 13.5. The Morgan fingerprint density at radius 3 is 2.50 bits per heavy atom. The summed E-state index contributed by atoms with van der Waals surface area (Å²) in [6.45, 7) is 4.34. The molecule has 1 unspecified atom stereocenters. The van der Waals surface area contributed by atoms with Crippen molar-refractivity contribution in [3.63, 3.8) is 0 Å². The maximum atomic E-state index is 9.96. The summed E-state index contributed by atoms with van der Waals surface area (Å²) >= 11 is 0. The van der Waals surface area contributed by atoms with Gasteiger partial charge in [0.15, 0.2) is 0 Å². The van der Waals surface area contributed by atoms with Gasteiger partial charge >= 0.3 is 0 Å². The van der Waals surface area contributed by atoms with Gasteiger partial charge in [0.05, 0.1) is 24.3 Å². The van der Waals surface area contributed by atoms with E-state index in [4.69, 9.17) is 0 Å². The predicted octanol–water partition coefficient (Wildman–Crippen LogP) is 2.28. The quantitative estimate of drug-likeness (QED) is 0.784. The fourth-order valence-electron chi connectivity index (χ4n) is 1.75. The largest absolute Gasteiger partial charge is 0.387 e. The predicted molar refractivity (Wildman–Crippen MR) is 56.9 cm³/mol. The van der Waals surface area contributed by atoms with E-state index in [1.54, 1.807) is 12.5 Å². The summed E-state index contributed by atoms with van der Waals surface area (Å²) in [4.78, 5) is 4.00. The minimum Gasteiger partial charge on any atom is -0.387 e. The third-order valence-electron chi connectivity index (χ3n) is 2.91. The first-order chi connectivity index (χ1) is 6.69. The average Bonchev–Trinajstić information content (AvgIpc) is 2.60. The van der Waals surface area contributed by atoms with Crippen LogP contribution in [0.5, 0.6) is 0 Å². The summed E-state index contributed by atoms with van der Waals surface area (Å²) in [7, 11) is 1.92. The monoisotopic (exact) mass is 196 g/mol. The molecule has 0 spiro atoms. The van der Waals surface area contributed by atoms with Crippen LogP contribution < -0.4 is 0 Å². The van der Waals surface area contributed by atoms with Crippen LogP contribution in [0.3, 0.4) is 0 Å². The van der Waals surface area contributed by atoms with Crippen LogP contribution in [0.4, 0.5) is 0 Å². The van der Waals surface area contributed by atoms with E-state index in [-0.39, 0.29) is 6.10 Å². The zero-order chi connectivity index (χ0) is 10.6. The van der Waals surface area contributed by atoms with E-state index in [9.17, 15) is 5.11 Å². The first kappa shape index (κ1) is 11.2. The fraction of sp³-hybridized carbons (Fsp3) is 0.727. The Kier molecular flexibility index (Phi) is 4.14. The van der Waals surface area contributed by atoms with Gasteiger partial charge in [-0.15, -0.1) is 0 Å². The van der Waals surface area contributed by atoms with E-state index in [1.807, 2.05) is 11.6 Å². The van der Waals surface area contributed by atoms with Crippen LogP contribution in [0.15, 0.2) is 12.5 Å². The Hall–Kier alpha value is -0.830. The number of hydrogen-bond donors (Lipinski definition) is 1. The Balaban J connectivity index is 2.58. The molecular formula is C11H20N2O. The van der Waals surface area contributed by atoms with Crippen molar-refractivity contribution in [1.29, 1.82) is 0 Å². The Morgan fingerprint density at radius 1 is 1.43 bits per heavy atom. The Labute approximate surface area is 85.8 Å². The zero-order valence-electron chi connectivity index (χ0n) is 9.27. The van der Waals surface area contributed by atoms with E-state index >= 15 is 0 Å². The number of hydrogen-bond acceptors (Lipinski definition) is 2. The third kappa shape index (κ3) is 2.58. The molecule has 0 saturated carbocycles. The van der Waals surface area contributed by atoms with Gasteiger partial charge in [-0.05, 0) is 12.3 Å². The maximum absolute atomic E-state index is 9.96. The molecule has 1 aromatic rings. The van der Waals surface area contributed by atoms with E-state index in [2.05, 4.69) is 18.8 Å². The summed E-state index contributed by atoms with van der Waals surface area (Å²) in [5.74, 6) is 0.611. The lowest BCUT2D eigenvalue weighted by Gasteiger charge is -2.17. The van der Waals surface area contributed by atoms with E-state index < -0.39 is 0 Å². The highest BCUT2D eigenvalue weighted by Crippen LogP contribution is 2.24. The molecule has 1 heterocycles. The summed E-state index contributed by atoms with van der Waals surface area (Å²) in [5.41, 5.74) is 0.914. The lowest BCUT2D eigenvalue weighted by Crippen LogP contribution is -2.09. The van der Waals surface area contributed by atoms with Crippen molar-refractivity contribution >= 4 is 0 Å². The number of aromatic nitrogens is 2. The lowest BCUT2D eigenvalue weighted by molar-refractivity contribution is 0.134. The van der Waals surface area contributed by atoms with Gasteiger partial charge < -0.3 is 9.67 Å². The molecule has 80 valence electrons. The first-order valence-corrected chi connectivity index (χ1v) is 5.33. The van der Waals surface area contributed by atoms with Gasteiger partial charge in [-0.25, -0.2) is 4.98 Å². The standard InChI is InChI=1S/C11H20N2O/c1-4-9(5-2)6-11(14)10-7-12-8-13(10)3/h7-9,11,14H,4-6H2,1-3H3. The fourth-order valence-corrected chi connectivity index (χ4v) is 1.75. The second-order valence-electron chi connectivity index (χ2n) is 3.86. The lowest BCUT2D eigenvalue weighted by atomic mass is 9.95. The smallest absolute Gasteiger partial charge is 0.0958 e. The van der Waals surface area contributed by atoms with Crippen LogP contribution in [-0.2, 0) is 7.05 Å². The van der Waals surface area contributed by atoms with Crippen LogP contribution in [0, 0.1) is 5.92 Å². The van der Waals surface area contributed by atoms with Crippen molar-refractivity contribution in [3.05, 3.63) is 18.2 Å². The first-order valence-electron chi connectivity index (χ1n) is 5.33. The molecule has 3 heteroatoms. The second kappa shape index (κ2) is 5.15. The molecule has 0 amide bonds. The summed E-state index contributed by atoms with van der Waals surface area (Å²) in [5, 5.41) is 9.96. The molecule has 0 fully saturated rings. The van der Waals surface area contributed by atoms with Crippen LogP contribution in [-0.4, -0.2) is 14.7 Å². The van der Waals surface area contributed by atoms with Crippen LogP contribution in [0.2, 0.25) is 0 Å². The molecule has 0 aliphatic carbocycles. The number of aliphatic hydroxyl groups excluding tert-OH is 1. The zero-order valence-corrected chi connectivity index (χ0v) is 9.27. The molecule has 14 heavy (non-hydrogen) atoms. The van der Waals surface area contributed by atoms with E-state index in [1.165, 1.54) is 0 Å². The van der Waals surface area contributed by atoms with Gasteiger partial charge in [-0.3, -0.25) is 0 Å². The number of rotatable bonds is 5. The molecule has 1 aromatic heterocycles. The van der Waals surface area contributed by atoms with Gasteiger partial charge in [0.25, 0.3) is 0 Å². The highest BCUT2D eigenvalue weighted by atomic mass is 16.3. The van der Waals surface area contributed by atoms with Crippen molar-refractivity contribution in [2.75, 3.05) is 0 Å². The van der Waals surface area contributed by atoms with E-state index in [0.29, 0.717) is 5.92 Å². The second-order valence-corrected chi connectivity index (χ2v) is 3.86. The SMILES string of the molecule is CCC(CC)CC(O)c1cncn1C. The topological polar surface area (TPSA) is 38.1 Å². The summed E-state index contributed by atoms with van der Waals surface area (Å²) < 4.78 is 1.88. The highest BCUT2D eigenvalue weighted by molar-refractivity contribution is 5.01. The Bertz CT molecular complexity index is 266. The van der Waals surface area contributed by atoms with Crippen LogP contribution in [0.1, 0.15) is 44.9 Å². The molecular weight excluding hydrogens is 176 g/mol. The minimum atomic E-state index is -0.368. The minimum absolute atomic E-state index is 0.368. The molecule has 1 rings (SSSR count). The highest BCUT2D eigenvalue weighted by Gasteiger charge is 2.15. The van der Waals surface area contributed by atoms with Crippen molar-refractivity contribution in [2.24, 2.45) is 13.0 Å². The number of aryl methyl sites for hydroxylation is 1. The van der Waals surface area contributed by atoms with Crippen LogP contribution in [0.25, 0.3) is 0 Å². The van der Waals surface area contributed by atoms with Crippen molar-refractivity contribution in [3.8, 4) is 0 Å². The van der Waals surface area contributed by atoms with E-state index in [0.717, 1.165) is 25.0 Å². The molecule has 3 nitrogen and oxygen atoms in total. The van der Waals surface area contributed by atoms with Crippen LogP contribution >= 0.6 is 0 Å². The van der Waals surface area contributed by atoms with Crippen molar-refractivity contribution in [1.82, 2.24) is 9.55 Å². The number of aliphatic hydroxyl groups is 1. The molecule has 1 atom stereocenters. The molecule has 0 aliphatic heterocycles. The van der Waals surface area contributed by atoms with Gasteiger partial charge in [0, 0.05) is 7.05 Å². The molecule has 0 aromatic carbocycles. The van der Waals surface area contributed by atoms with Gasteiger partial charge in [0.1, 0.15) is 0 Å². The molecule has 0 saturated heterocycles. The molecule has 1 N–H and O–H groups in total.